The summed E-state index contributed by atoms with van der Waals surface area (Å²) in [6, 6.07) is 0.937. The van der Waals surface area contributed by atoms with Gasteiger partial charge in [-0.1, -0.05) is 6.42 Å². The minimum absolute atomic E-state index is 0.185. The van der Waals surface area contributed by atoms with E-state index in [1.54, 1.807) is 4.90 Å². The summed E-state index contributed by atoms with van der Waals surface area (Å²) in [7, 11) is 0. The summed E-state index contributed by atoms with van der Waals surface area (Å²) in [5.41, 5.74) is 0. The first kappa shape index (κ1) is 14.6. The van der Waals surface area contributed by atoms with Gasteiger partial charge in [0.15, 0.2) is 0 Å². The number of carbonyl (C=O) groups excluding carboxylic acids is 1. The van der Waals surface area contributed by atoms with Crippen molar-refractivity contribution < 1.29 is 14.6 Å². The first-order chi connectivity index (χ1) is 9.24. The molecule has 0 aromatic rings. The molecule has 5 heteroatoms. The van der Waals surface area contributed by atoms with Crippen LogP contribution in [0.5, 0.6) is 0 Å². The van der Waals surface area contributed by atoms with Crippen molar-refractivity contribution >= 4 is 6.09 Å². The Labute approximate surface area is 115 Å². The number of hydrogen-bond acceptors (Lipinski definition) is 4. The zero-order valence-electron chi connectivity index (χ0n) is 11.8. The van der Waals surface area contributed by atoms with Gasteiger partial charge in [-0.3, -0.25) is 0 Å². The van der Waals surface area contributed by atoms with Crippen LogP contribution in [0.4, 0.5) is 4.79 Å². The number of piperidine rings is 1. The summed E-state index contributed by atoms with van der Waals surface area (Å²) in [6.45, 7) is 4.11. The second kappa shape index (κ2) is 7.10. The van der Waals surface area contributed by atoms with Gasteiger partial charge in [-0.15, -0.1) is 0 Å². The lowest BCUT2D eigenvalue weighted by atomic mass is 10.00. The molecule has 0 radical (unpaired) electrons. The van der Waals surface area contributed by atoms with E-state index in [1.165, 1.54) is 12.8 Å². The number of hydrogen-bond donors (Lipinski definition) is 2. The Kier molecular flexibility index (Phi) is 5.45. The number of aliphatic hydroxyl groups excluding tert-OH is 1. The third-order valence-corrected chi connectivity index (χ3v) is 4.36. The molecule has 1 aliphatic carbocycles. The predicted molar refractivity (Wildman–Crippen MR) is 73.0 cm³/mol. The highest BCUT2D eigenvalue weighted by atomic mass is 16.6. The Bertz CT molecular complexity index is 290. The predicted octanol–water partition coefficient (Wildman–Crippen LogP) is 1.36. The largest absolute Gasteiger partial charge is 0.450 e. The van der Waals surface area contributed by atoms with E-state index in [0.29, 0.717) is 31.2 Å². The summed E-state index contributed by atoms with van der Waals surface area (Å²) >= 11 is 0. The van der Waals surface area contributed by atoms with Gasteiger partial charge in [0, 0.05) is 31.8 Å². The quantitative estimate of drug-likeness (QED) is 0.809. The van der Waals surface area contributed by atoms with Gasteiger partial charge in [0.2, 0.25) is 0 Å². The molecule has 2 atom stereocenters. The molecule has 0 spiro atoms. The van der Waals surface area contributed by atoms with Crippen molar-refractivity contribution in [3.8, 4) is 0 Å². The minimum Gasteiger partial charge on any atom is -0.450 e. The summed E-state index contributed by atoms with van der Waals surface area (Å²) in [5.74, 6) is 0.420. The smallest absolute Gasteiger partial charge is 0.409 e. The Morgan fingerprint density at radius 2 is 2.05 bits per heavy atom. The molecule has 1 aliphatic heterocycles. The molecule has 1 heterocycles. The Hall–Kier alpha value is -0.810. The molecule has 1 saturated carbocycles. The second-order valence-corrected chi connectivity index (χ2v) is 5.61. The normalized spacial score (nSPS) is 28.6. The van der Waals surface area contributed by atoms with Crippen molar-refractivity contribution in [3.63, 3.8) is 0 Å². The van der Waals surface area contributed by atoms with Crippen LogP contribution in [0.2, 0.25) is 0 Å². The van der Waals surface area contributed by atoms with Crippen molar-refractivity contribution in [1.82, 2.24) is 10.2 Å². The van der Waals surface area contributed by atoms with E-state index in [4.69, 9.17) is 4.74 Å². The molecule has 5 nitrogen and oxygen atoms in total. The molecular weight excluding hydrogens is 244 g/mol. The van der Waals surface area contributed by atoms with E-state index in [2.05, 4.69) is 5.32 Å². The summed E-state index contributed by atoms with van der Waals surface area (Å²) in [4.78, 5) is 13.4. The fraction of sp³-hybridized carbons (Fsp3) is 0.929. The maximum atomic E-state index is 11.6. The molecule has 19 heavy (non-hydrogen) atoms. The van der Waals surface area contributed by atoms with Crippen molar-refractivity contribution in [2.75, 3.05) is 26.3 Å². The lowest BCUT2D eigenvalue weighted by Crippen LogP contribution is -2.49. The topological polar surface area (TPSA) is 61.8 Å². The number of rotatable bonds is 4. The number of amides is 1. The molecule has 2 aliphatic rings. The highest BCUT2D eigenvalue weighted by molar-refractivity contribution is 5.67. The maximum absolute atomic E-state index is 11.6. The molecule has 2 fully saturated rings. The van der Waals surface area contributed by atoms with Crippen LogP contribution in [0, 0.1) is 5.92 Å². The van der Waals surface area contributed by atoms with Gasteiger partial charge in [0.1, 0.15) is 0 Å². The van der Waals surface area contributed by atoms with Gasteiger partial charge in [0.05, 0.1) is 6.61 Å². The number of carbonyl (C=O) groups is 1. The summed E-state index contributed by atoms with van der Waals surface area (Å²) in [6.07, 6.45) is 5.29. The van der Waals surface area contributed by atoms with Crippen LogP contribution >= 0.6 is 0 Å². The van der Waals surface area contributed by atoms with Crippen LogP contribution in [-0.4, -0.2) is 54.5 Å². The average Bonchev–Trinajstić information content (AvgIpc) is 2.87. The zero-order valence-corrected chi connectivity index (χ0v) is 11.8. The van der Waals surface area contributed by atoms with E-state index < -0.39 is 0 Å². The van der Waals surface area contributed by atoms with Crippen molar-refractivity contribution in [3.05, 3.63) is 0 Å². The molecule has 1 amide bonds. The van der Waals surface area contributed by atoms with Crippen LogP contribution < -0.4 is 5.32 Å². The van der Waals surface area contributed by atoms with Gasteiger partial charge in [-0.25, -0.2) is 4.79 Å². The molecule has 2 rings (SSSR count). The van der Waals surface area contributed by atoms with E-state index in [-0.39, 0.29) is 6.09 Å². The van der Waals surface area contributed by atoms with E-state index in [1.807, 2.05) is 6.92 Å². The van der Waals surface area contributed by atoms with Crippen LogP contribution in [-0.2, 0) is 4.74 Å². The molecule has 1 saturated heterocycles. The van der Waals surface area contributed by atoms with Gasteiger partial charge in [0.25, 0.3) is 0 Å². The highest BCUT2D eigenvalue weighted by Gasteiger charge is 2.30. The first-order valence-corrected chi connectivity index (χ1v) is 7.53. The third-order valence-electron chi connectivity index (χ3n) is 4.36. The molecule has 2 N–H and O–H groups in total. The van der Waals surface area contributed by atoms with Crippen LogP contribution in [0.1, 0.15) is 39.0 Å². The fourth-order valence-corrected chi connectivity index (χ4v) is 3.22. The van der Waals surface area contributed by atoms with Gasteiger partial charge in [-0.05, 0) is 38.5 Å². The maximum Gasteiger partial charge on any atom is 0.409 e. The average molecular weight is 270 g/mol. The molecule has 0 bridgehead atoms. The summed E-state index contributed by atoms with van der Waals surface area (Å²) < 4.78 is 5.02. The number of ether oxygens (including phenoxy) is 1. The second-order valence-electron chi connectivity index (χ2n) is 5.61. The Balaban J connectivity index is 1.73. The number of nitrogens with zero attached hydrogens (tertiary/aromatic N) is 1. The van der Waals surface area contributed by atoms with Crippen molar-refractivity contribution in [1.29, 1.82) is 0 Å². The Morgan fingerprint density at radius 3 is 2.68 bits per heavy atom. The summed E-state index contributed by atoms with van der Waals surface area (Å²) in [5, 5.41) is 13.0. The Morgan fingerprint density at radius 1 is 1.32 bits per heavy atom. The lowest BCUT2D eigenvalue weighted by molar-refractivity contribution is 0.0928. The number of nitrogens with one attached hydrogen (secondary N) is 1. The minimum atomic E-state index is -0.185. The molecular formula is C14H26N2O3. The third kappa shape index (κ3) is 3.83. The lowest BCUT2D eigenvalue weighted by Gasteiger charge is -2.34. The van der Waals surface area contributed by atoms with Gasteiger partial charge >= 0.3 is 6.09 Å². The molecule has 0 aromatic carbocycles. The van der Waals surface area contributed by atoms with Gasteiger partial charge in [-0.2, -0.15) is 0 Å². The van der Waals surface area contributed by atoms with E-state index >= 15 is 0 Å². The van der Waals surface area contributed by atoms with Crippen molar-refractivity contribution in [2.24, 2.45) is 5.92 Å². The highest BCUT2D eigenvalue weighted by Crippen LogP contribution is 2.26. The van der Waals surface area contributed by atoms with Crippen LogP contribution in [0.3, 0.4) is 0 Å². The monoisotopic (exact) mass is 270 g/mol. The molecule has 2 unspecified atom stereocenters. The van der Waals surface area contributed by atoms with Crippen molar-refractivity contribution in [2.45, 2.75) is 51.1 Å². The van der Waals surface area contributed by atoms with Gasteiger partial charge < -0.3 is 20.1 Å². The standard InChI is InChI=1S/C14H26N2O3/c1-2-19-14(18)16-8-6-12(7-9-16)15-13-5-3-4-11(13)10-17/h11-13,15,17H,2-10H2,1H3. The SMILES string of the molecule is CCOC(=O)N1CCC(NC2CCCC2CO)CC1. The first-order valence-electron chi connectivity index (χ1n) is 7.53. The number of likely N-dealkylation sites (tertiary alicyclic amines) is 1. The molecule has 110 valence electrons. The van der Waals surface area contributed by atoms with Crippen LogP contribution in [0.25, 0.3) is 0 Å². The van der Waals surface area contributed by atoms with E-state index in [9.17, 15) is 9.90 Å². The fourth-order valence-electron chi connectivity index (χ4n) is 3.22. The van der Waals surface area contributed by atoms with Crippen LogP contribution in [0.15, 0.2) is 0 Å². The zero-order chi connectivity index (χ0) is 13.7. The molecule has 0 aromatic heterocycles. The number of aliphatic hydroxyl groups is 1. The van der Waals surface area contributed by atoms with E-state index in [0.717, 1.165) is 32.4 Å².